The molecule has 4 rings (SSSR count). The highest BCUT2D eigenvalue weighted by Gasteiger charge is 2.47. The number of hydrogen-bond acceptors (Lipinski definition) is 6. The SMILES string of the molecule is COc1cc(C2/C(=C(\O)c3ccccc3)C(=O)C(=O)N2CC2CCCO2)ccc1OCCC(C)C. The summed E-state index contributed by atoms with van der Waals surface area (Å²) in [5.41, 5.74) is 1.20. The van der Waals surface area contributed by atoms with Gasteiger partial charge in [-0.3, -0.25) is 9.59 Å². The smallest absolute Gasteiger partial charge is 0.295 e. The maximum absolute atomic E-state index is 13.2. The number of ether oxygens (including phenoxy) is 3. The molecule has 2 aliphatic heterocycles. The lowest BCUT2D eigenvalue weighted by Gasteiger charge is -2.28. The van der Waals surface area contributed by atoms with E-state index in [0.717, 1.165) is 19.3 Å². The number of amides is 1. The van der Waals surface area contributed by atoms with Gasteiger partial charge in [0.05, 0.1) is 31.4 Å². The summed E-state index contributed by atoms with van der Waals surface area (Å²) < 4.78 is 17.3. The lowest BCUT2D eigenvalue weighted by molar-refractivity contribution is -0.140. The normalized spacial score (nSPS) is 21.7. The highest BCUT2D eigenvalue weighted by Crippen LogP contribution is 2.42. The molecular weight excluding hydrogens is 446 g/mol. The van der Waals surface area contributed by atoms with Gasteiger partial charge in [0.15, 0.2) is 11.5 Å². The van der Waals surface area contributed by atoms with Crippen LogP contribution in [0.1, 0.15) is 50.3 Å². The van der Waals surface area contributed by atoms with E-state index in [0.29, 0.717) is 41.8 Å². The van der Waals surface area contributed by atoms with E-state index < -0.39 is 17.7 Å². The first kappa shape index (κ1) is 24.8. The molecule has 2 fully saturated rings. The van der Waals surface area contributed by atoms with Gasteiger partial charge < -0.3 is 24.2 Å². The molecule has 2 aromatic rings. The van der Waals surface area contributed by atoms with Crippen LogP contribution in [-0.4, -0.2) is 54.7 Å². The second-order valence-electron chi connectivity index (χ2n) is 9.39. The second-order valence-corrected chi connectivity index (χ2v) is 9.39. The van der Waals surface area contributed by atoms with Crippen LogP contribution in [0.15, 0.2) is 54.1 Å². The minimum Gasteiger partial charge on any atom is -0.507 e. The van der Waals surface area contributed by atoms with Crippen molar-refractivity contribution in [3.63, 3.8) is 0 Å². The van der Waals surface area contributed by atoms with Crippen molar-refractivity contribution in [2.75, 3.05) is 26.9 Å². The molecule has 2 aliphatic rings. The molecule has 2 unspecified atom stereocenters. The zero-order valence-corrected chi connectivity index (χ0v) is 20.5. The number of aliphatic hydroxyl groups excluding tert-OH is 1. The van der Waals surface area contributed by atoms with Crippen LogP contribution in [0.3, 0.4) is 0 Å². The van der Waals surface area contributed by atoms with Gasteiger partial charge in [-0.15, -0.1) is 0 Å². The third-order valence-electron chi connectivity index (χ3n) is 6.47. The Morgan fingerprint density at radius 3 is 2.57 bits per heavy atom. The summed E-state index contributed by atoms with van der Waals surface area (Å²) in [5.74, 6) is 0.0744. The van der Waals surface area contributed by atoms with Gasteiger partial charge in [-0.25, -0.2) is 0 Å². The number of aliphatic hydroxyl groups is 1. The van der Waals surface area contributed by atoms with Gasteiger partial charge >= 0.3 is 0 Å². The van der Waals surface area contributed by atoms with Gasteiger partial charge in [0.25, 0.3) is 11.7 Å². The zero-order chi connectivity index (χ0) is 24.9. The van der Waals surface area contributed by atoms with E-state index in [1.54, 1.807) is 43.5 Å². The van der Waals surface area contributed by atoms with E-state index in [2.05, 4.69) is 13.8 Å². The second kappa shape index (κ2) is 11.0. The minimum atomic E-state index is -0.766. The Hall–Kier alpha value is -3.32. The van der Waals surface area contributed by atoms with Crippen LogP contribution in [0, 0.1) is 5.92 Å². The lowest BCUT2D eigenvalue weighted by atomic mass is 9.95. The van der Waals surface area contributed by atoms with Crippen LogP contribution >= 0.6 is 0 Å². The lowest BCUT2D eigenvalue weighted by Crippen LogP contribution is -2.36. The topological polar surface area (TPSA) is 85.3 Å². The molecule has 0 aromatic heterocycles. The highest BCUT2D eigenvalue weighted by atomic mass is 16.5. The van der Waals surface area contributed by atoms with Crippen molar-refractivity contribution in [1.82, 2.24) is 4.90 Å². The number of ketones is 1. The number of methoxy groups -OCH3 is 1. The van der Waals surface area contributed by atoms with Gasteiger partial charge in [-0.1, -0.05) is 50.2 Å². The number of carbonyl (C=O) groups is 2. The minimum absolute atomic E-state index is 0.0646. The molecule has 35 heavy (non-hydrogen) atoms. The molecule has 2 saturated heterocycles. The molecule has 0 saturated carbocycles. The molecule has 1 N–H and O–H groups in total. The molecule has 2 atom stereocenters. The average molecular weight is 480 g/mol. The van der Waals surface area contributed by atoms with Crippen LogP contribution in [0.25, 0.3) is 5.76 Å². The van der Waals surface area contributed by atoms with E-state index in [4.69, 9.17) is 14.2 Å². The van der Waals surface area contributed by atoms with Crippen LogP contribution in [0.5, 0.6) is 11.5 Å². The zero-order valence-electron chi connectivity index (χ0n) is 20.5. The summed E-state index contributed by atoms with van der Waals surface area (Å²) in [6.07, 6.45) is 2.50. The Balaban J connectivity index is 1.75. The quantitative estimate of drug-likeness (QED) is 0.318. The predicted molar refractivity (Wildman–Crippen MR) is 132 cm³/mol. The van der Waals surface area contributed by atoms with E-state index in [-0.39, 0.29) is 24.0 Å². The molecule has 186 valence electrons. The van der Waals surface area contributed by atoms with Crippen molar-refractivity contribution in [3.05, 3.63) is 65.2 Å². The number of carbonyl (C=O) groups excluding carboxylic acids is 2. The number of hydrogen-bond donors (Lipinski definition) is 1. The molecule has 0 radical (unpaired) electrons. The molecule has 7 heteroatoms. The summed E-state index contributed by atoms with van der Waals surface area (Å²) >= 11 is 0. The summed E-state index contributed by atoms with van der Waals surface area (Å²) in [7, 11) is 1.56. The Bertz CT molecular complexity index is 1090. The maximum atomic E-state index is 13.2. The molecular formula is C28H33NO6. The van der Waals surface area contributed by atoms with Crippen molar-refractivity contribution in [2.24, 2.45) is 5.92 Å². The van der Waals surface area contributed by atoms with Gasteiger partial charge in [0.1, 0.15) is 5.76 Å². The predicted octanol–water partition coefficient (Wildman–Crippen LogP) is 4.72. The number of rotatable bonds is 9. The number of Topliss-reactive ketones (excluding diaryl/α,β-unsaturated/α-hetero) is 1. The Labute approximate surface area is 206 Å². The molecule has 2 heterocycles. The van der Waals surface area contributed by atoms with Crippen LogP contribution in [0.4, 0.5) is 0 Å². The average Bonchev–Trinajstić information content (AvgIpc) is 3.46. The summed E-state index contributed by atoms with van der Waals surface area (Å²) in [6, 6.07) is 13.4. The number of nitrogens with zero attached hydrogens (tertiary/aromatic N) is 1. The Morgan fingerprint density at radius 2 is 1.91 bits per heavy atom. The Kier molecular flexibility index (Phi) is 7.76. The standard InChI is InChI=1S/C28H33NO6/c1-18(2)13-15-35-22-12-11-20(16-23(22)33-3)25-24(26(30)19-8-5-4-6-9-19)27(31)28(32)29(25)17-21-10-7-14-34-21/h4-6,8-9,11-12,16,18,21,25,30H,7,10,13-15,17H2,1-3H3/b26-24+. The molecule has 7 nitrogen and oxygen atoms in total. The van der Waals surface area contributed by atoms with Crippen molar-refractivity contribution < 1.29 is 28.9 Å². The number of likely N-dealkylation sites (tertiary alicyclic amines) is 1. The number of benzene rings is 2. The van der Waals surface area contributed by atoms with Crippen LogP contribution in [0.2, 0.25) is 0 Å². The molecule has 0 aliphatic carbocycles. The van der Waals surface area contributed by atoms with Crippen LogP contribution in [-0.2, 0) is 14.3 Å². The van der Waals surface area contributed by atoms with E-state index in [1.807, 2.05) is 12.1 Å². The van der Waals surface area contributed by atoms with Crippen molar-refractivity contribution >= 4 is 17.4 Å². The van der Waals surface area contributed by atoms with Gasteiger partial charge in [-0.05, 0) is 42.9 Å². The van der Waals surface area contributed by atoms with E-state index >= 15 is 0 Å². The molecule has 0 spiro atoms. The van der Waals surface area contributed by atoms with Crippen molar-refractivity contribution in [1.29, 1.82) is 0 Å². The first-order chi connectivity index (χ1) is 16.9. The van der Waals surface area contributed by atoms with Gasteiger partial charge in [-0.2, -0.15) is 0 Å². The molecule has 2 aromatic carbocycles. The fraction of sp³-hybridized carbons (Fsp3) is 0.429. The van der Waals surface area contributed by atoms with Crippen LogP contribution < -0.4 is 9.47 Å². The van der Waals surface area contributed by atoms with Crippen molar-refractivity contribution in [3.8, 4) is 11.5 Å². The third-order valence-corrected chi connectivity index (χ3v) is 6.47. The highest BCUT2D eigenvalue weighted by molar-refractivity contribution is 6.46. The van der Waals surface area contributed by atoms with Gasteiger partial charge in [0.2, 0.25) is 0 Å². The van der Waals surface area contributed by atoms with E-state index in [1.165, 1.54) is 4.90 Å². The summed E-state index contributed by atoms with van der Waals surface area (Å²) in [5, 5.41) is 11.2. The summed E-state index contributed by atoms with van der Waals surface area (Å²) in [4.78, 5) is 27.9. The largest absolute Gasteiger partial charge is 0.507 e. The fourth-order valence-electron chi connectivity index (χ4n) is 4.55. The third kappa shape index (κ3) is 5.35. The van der Waals surface area contributed by atoms with Gasteiger partial charge in [0, 0.05) is 18.7 Å². The first-order valence-electron chi connectivity index (χ1n) is 12.2. The molecule has 1 amide bonds. The van der Waals surface area contributed by atoms with Crippen molar-refractivity contribution in [2.45, 2.75) is 45.3 Å². The summed E-state index contributed by atoms with van der Waals surface area (Å²) in [6.45, 7) is 5.73. The first-order valence-corrected chi connectivity index (χ1v) is 12.2. The fourth-order valence-corrected chi connectivity index (χ4v) is 4.55. The monoisotopic (exact) mass is 479 g/mol. The molecule has 0 bridgehead atoms. The Morgan fingerprint density at radius 1 is 1.14 bits per heavy atom. The van der Waals surface area contributed by atoms with E-state index in [9.17, 15) is 14.7 Å². The maximum Gasteiger partial charge on any atom is 0.295 e.